The van der Waals surface area contributed by atoms with Crippen LogP contribution in [0.5, 0.6) is 0 Å². The molecule has 0 saturated heterocycles. The molecule has 4 rings (SSSR count). The molecule has 1 spiro atoms. The molecule has 2 aromatic carbocycles. The third-order valence-electron chi connectivity index (χ3n) is 5.68. The molecule has 5 heteroatoms. The number of nitrogens with zero attached hydrogens (tertiary/aromatic N) is 1. The van der Waals surface area contributed by atoms with Gasteiger partial charge in [0, 0.05) is 30.1 Å². The highest BCUT2D eigenvalue weighted by molar-refractivity contribution is 5.95. The fraction of sp³-hybridized carbons (Fsp3) is 0.364. The first-order valence-electron chi connectivity index (χ1n) is 9.51. The van der Waals surface area contributed by atoms with E-state index >= 15 is 0 Å². The summed E-state index contributed by atoms with van der Waals surface area (Å²) in [6, 6.07) is 17.7. The molecule has 1 aliphatic carbocycles. The van der Waals surface area contributed by atoms with E-state index in [1.54, 1.807) is 0 Å². The summed E-state index contributed by atoms with van der Waals surface area (Å²) in [5.41, 5.74) is 3.49. The Morgan fingerprint density at radius 3 is 2.48 bits per heavy atom. The van der Waals surface area contributed by atoms with E-state index in [2.05, 4.69) is 11.4 Å². The van der Waals surface area contributed by atoms with E-state index in [4.69, 9.17) is 5.11 Å². The summed E-state index contributed by atoms with van der Waals surface area (Å²) in [5, 5.41) is 12.2. The minimum atomic E-state index is -0.842. The number of benzene rings is 2. The van der Waals surface area contributed by atoms with Crippen molar-refractivity contribution in [1.82, 2.24) is 5.32 Å². The van der Waals surface area contributed by atoms with Crippen molar-refractivity contribution < 1.29 is 14.7 Å². The quantitative estimate of drug-likeness (QED) is 0.821. The van der Waals surface area contributed by atoms with E-state index < -0.39 is 5.97 Å². The van der Waals surface area contributed by atoms with E-state index in [1.165, 1.54) is 5.56 Å². The largest absolute Gasteiger partial charge is 0.481 e. The molecule has 0 aromatic heterocycles. The second-order valence-corrected chi connectivity index (χ2v) is 7.65. The molecular weight excluding hydrogens is 340 g/mol. The van der Waals surface area contributed by atoms with Crippen molar-refractivity contribution in [3.05, 3.63) is 65.7 Å². The first kappa shape index (κ1) is 17.6. The van der Waals surface area contributed by atoms with Gasteiger partial charge in [0.15, 0.2) is 0 Å². The molecule has 2 aromatic rings. The van der Waals surface area contributed by atoms with Gasteiger partial charge < -0.3 is 10.4 Å². The van der Waals surface area contributed by atoms with Gasteiger partial charge in [0.05, 0.1) is 0 Å². The molecule has 0 radical (unpaired) electrons. The topological polar surface area (TPSA) is 69.6 Å². The zero-order valence-corrected chi connectivity index (χ0v) is 15.2. The predicted octanol–water partition coefficient (Wildman–Crippen LogP) is 3.72. The van der Waals surface area contributed by atoms with Crippen molar-refractivity contribution in [1.29, 1.82) is 0 Å². The van der Waals surface area contributed by atoms with Crippen molar-refractivity contribution in [2.75, 3.05) is 11.4 Å². The average Bonchev–Trinajstić information content (AvgIpc) is 3.37. The standard InChI is InChI=1S/C22H24N2O3/c25-20(26)11-10-17(14-16-6-2-1-3-7-16)23-21(27)24-15-22(12-13-22)18-8-4-5-9-19(18)24/h1-9,17H,10-15H2,(H,23,27)(H,25,26). The highest BCUT2D eigenvalue weighted by Crippen LogP contribution is 2.56. The van der Waals surface area contributed by atoms with Gasteiger partial charge in [-0.1, -0.05) is 48.5 Å². The average molecular weight is 364 g/mol. The molecule has 27 heavy (non-hydrogen) atoms. The molecule has 1 saturated carbocycles. The van der Waals surface area contributed by atoms with Gasteiger partial charge in [0.2, 0.25) is 0 Å². The lowest BCUT2D eigenvalue weighted by molar-refractivity contribution is -0.137. The van der Waals surface area contributed by atoms with Crippen molar-refractivity contribution in [3.8, 4) is 0 Å². The molecule has 1 fully saturated rings. The van der Waals surface area contributed by atoms with Crippen LogP contribution in [-0.2, 0) is 16.6 Å². The van der Waals surface area contributed by atoms with Crippen molar-refractivity contribution >= 4 is 17.7 Å². The highest BCUT2D eigenvalue weighted by atomic mass is 16.4. The Bertz CT molecular complexity index is 846. The Kier molecular flexibility index (Phi) is 4.60. The van der Waals surface area contributed by atoms with Gasteiger partial charge in [-0.15, -0.1) is 0 Å². The number of rotatable bonds is 6. The van der Waals surface area contributed by atoms with Gasteiger partial charge in [-0.25, -0.2) is 4.79 Å². The van der Waals surface area contributed by atoms with Crippen molar-refractivity contribution in [3.63, 3.8) is 0 Å². The molecule has 5 nitrogen and oxygen atoms in total. The second-order valence-electron chi connectivity index (χ2n) is 7.65. The summed E-state index contributed by atoms with van der Waals surface area (Å²) in [6.45, 7) is 0.717. The number of urea groups is 1. The number of carbonyl (C=O) groups is 2. The van der Waals surface area contributed by atoms with Crippen LogP contribution in [0.3, 0.4) is 0 Å². The van der Waals surface area contributed by atoms with Gasteiger partial charge in [-0.2, -0.15) is 0 Å². The maximum absolute atomic E-state index is 13.0. The third kappa shape index (κ3) is 3.68. The number of carbonyl (C=O) groups excluding carboxylic acids is 1. The fourth-order valence-electron chi connectivity index (χ4n) is 4.06. The Morgan fingerprint density at radius 2 is 1.78 bits per heavy atom. The van der Waals surface area contributed by atoms with Crippen LogP contribution in [0.15, 0.2) is 54.6 Å². The molecule has 2 amide bonds. The number of carboxylic acid groups (broad SMARTS) is 1. The fourth-order valence-corrected chi connectivity index (χ4v) is 4.06. The summed E-state index contributed by atoms with van der Waals surface area (Å²) in [6.07, 6.45) is 3.33. The lowest BCUT2D eigenvalue weighted by Crippen LogP contribution is -2.46. The molecule has 0 bridgehead atoms. The minimum Gasteiger partial charge on any atom is -0.481 e. The maximum atomic E-state index is 13.0. The van der Waals surface area contributed by atoms with Crippen LogP contribution in [0.25, 0.3) is 0 Å². The van der Waals surface area contributed by atoms with Crippen LogP contribution < -0.4 is 10.2 Å². The Balaban J connectivity index is 1.49. The van der Waals surface area contributed by atoms with Crippen LogP contribution in [0.1, 0.15) is 36.8 Å². The number of para-hydroxylation sites is 1. The predicted molar refractivity (Wildman–Crippen MR) is 104 cm³/mol. The number of hydrogen-bond acceptors (Lipinski definition) is 2. The summed E-state index contributed by atoms with van der Waals surface area (Å²) < 4.78 is 0. The molecular formula is C22H24N2O3. The zero-order valence-electron chi connectivity index (χ0n) is 15.2. The normalized spacial score (nSPS) is 17.4. The Morgan fingerprint density at radius 1 is 1.07 bits per heavy atom. The molecule has 2 N–H and O–H groups in total. The molecule has 1 aliphatic heterocycles. The summed E-state index contributed by atoms with van der Waals surface area (Å²) >= 11 is 0. The molecule has 1 atom stereocenters. The van der Waals surface area contributed by atoms with E-state index in [0.717, 1.165) is 30.6 Å². The first-order valence-corrected chi connectivity index (χ1v) is 9.51. The summed E-state index contributed by atoms with van der Waals surface area (Å²) in [4.78, 5) is 25.9. The first-order chi connectivity index (χ1) is 13.1. The second kappa shape index (κ2) is 7.06. The van der Waals surface area contributed by atoms with Crippen molar-refractivity contribution in [2.45, 2.75) is 43.6 Å². The number of fused-ring (bicyclic) bond motifs is 2. The monoisotopic (exact) mass is 364 g/mol. The Hall–Kier alpha value is -2.82. The van der Waals surface area contributed by atoms with Gasteiger partial charge in [0.1, 0.15) is 0 Å². The van der Waals surface area contributed by atoms with Crippen LogP contribution in [0.4, 0.5) is 10.5 Å². The molecule has 2 aliphatic rings. The number of amides is 2. The van der Waals surface area contributed by atoms with Crippen LogP contribution in [0.2, 0.25) is 0 Å². The van der Waals surface area contributed by atoms with Gasteiger partial charge in [-0.05, 0) is 42.9 Å². The smallest absolute Gasteiger partial charge is 0.322 e. The SMILES string of the molecule is O=C(O)CCC(Cc1ccccc1)NC(=O)N1CC2(CC2)c2ccccc21. The molecule has 1 unspecified atom stereocenters. The number of nitrogens with one attached hydrogen (secondary N) is 1. The lowest BCUT2D eigenvalue weighted by atomic mass is 9.99. The summed E-state index contributed by atoms with van der Waals surface area (Å²) in [5.74, 6) is -0.842. The van der Waals surface area contributed by atoms with Gasteiger partial charge >= 0.3 is 12.0 Å². The third-order valence-corrected chi connectivity index (χ3v) is 5.68. The van der Waals surface area contributed by atoms with Gasteiger partial charge in [-0.3, -0.25) is 9.69 Å². The van der Waals surface area contributed by atoms with E-state index in [9.17, 15) is 9.59 Å². The zero-order chi connectivity index (χ0) is 18.9. The Labute approximate surface area is 159 Å². The number of aliphatic carboxylic acids is 1. The summed E-state index contributed by atoms with van der Waals surface area (Å²) in [7, 11) is 0. The number of carboxylic acids is 1. The highest BCUT2D eigenvalue weighted by Gasteiger charge is 2.52. The van der Waals surface area contributed by atoms with E-state index in [-0.39, 0.29) is 23.9 Å². The van der Waals surface area contributed by atoms with Crippen LogP contribution in [0, 0.1) is 0 Å². The van der Waals surface area contributed by atoms with E-state index in [1.807, 2.05) is 53.4 Å². The van der Waals surface area contributed by atoms with Crippen LogP contribution in [-0.4, -0.2) is 29.7 Å². The van der Waals surface area contributed by atoms with Gasteiger partial charge in [0.25, 0.3) is 0 Å². The van der Waals surface area contributed by atoms with Crippen LogP contribution >= 0.6 is 0 Å². The minimum absolute atomic E-state index is 0.0400. The number of hydrogen-bond donors (Lipinski definition) is 2. The number of anilines is 1. The van der Waals surface area contributed by atoms with Crippen molar-refractivity contribution in [2.24, 2.45) is 0 Å². The maximum Gasteiger partial charge on any atom is 0.322 e. The molecule has 140 valence electrons. The van der Waals surface area contributed by atoms with E-state index in [0.29, 0.717) is 12.8 Å². The molecule has 1 heterocycles. The lowest BCUT2D eigenvalue weighted by Gasteiger charge is -2.24.